The molecule has 9 rings (SSSR count). The first-order chi connectivity index (χ1) is 40.9. The van der Waals surface area contributed by atoms with Crippen molar-refractivity contribution in [3.05, 3.63) is 130 Å². The number of nitrogens with zero attached hydrogens (tertiary/aromatic N) is 9. The number of anilines is 2. The van der Waals surface area contributed by atoms with Gasteiger partial charge in [0.05, 0.1) is 65.7 Å². The molecule has 86 heavy (non-hydrogen) atoms. The number of imidazole rings is 1. The van der Waals surface area contributed by atoms with Gasteiger partial charge in [-0.05, 0) is 92.0 Å². The monoisotopic (exact) mass is 1240 g/mol. The first-order valence-corrected chi connectivity index (χ1v) is 31.7. The number of allylic oxidation sites excluding steroid dienone is 4. The Morgan fingerprint density at radius 2 is 1.69 bits per heavy atom. The number of aromatic amines is 1. The van der Waals surface area contributed by atoms with Crippen LogP contribution in [0, 0.1) is 22.6 Å². The summed E-state index contributed by atoms with van der Waals surface area (Å²) in [6, 6.07) is 9.74. The molecule has 20 nitrogen and oxygen atoms in total. The highest BCUT2D eigenvalue weighted by Gasteiger charge is 2.55. The number of amides is 4. The SMILES string of the molecule is C=C(/C=C\C=C(/C)Cl)[C@H]1C[C@](C)(CC(=O)O)C(=O)N([C@H](CS(=O)(=O)N2CCN(C(=O)CCCCCNC(=O)CN3CCN(C(=O)c4ccc(Nc5nc(C6CC6)cn6c(-c7cn[nH]c7)cnc56)c(F)c4)CC3)CC2)C(C)(C)C)[C@@H]1c1ccc(Cl)cc1. The van der Waals surface area contributed by atoms with Crippen molar-refractivity contribution in [2.45, 2.75) is 104 Å². The number of sulfonamides is 1. The van der Waals surface area contributed by atoms with Crippen LogP contribution in [-0.4, -0.2) is 169 Å². The van der Waals surface area contributed by atoms with Gasteiger partial charge in [-0.15, -0.1) is 0 Å². The molecular formula is C62H77Cl2FN12O8S. The number of rotatable bonds is 23. The van der Waals surface area contributed by atoms with Crippen LogP contribution in [-0.2, 0) is 29.2 Å². The number of carboxylic acid groups (broad SMARTS) is 1. The van der Waals surface area contributed by atoms with Crippen LogP contribution in [0.1, 0.15) is 120 Å². The average molecular weight is 1240 g/mol. The van der Waals surface area contributed by atoms with E-state index in [1.165, 1.54) is 16.4 Å². The van der Waals surface area contributed by atoms with Crippen molar-refractivity contribution in [2.24, 2.45) is 16.7 Å². The quantitative estimate of drug-likeness (QED) is 0.0353. The summed E-state index contributed by atoms with van der Waals surface area (Å²) in [5.41, 5.74) is 2.56. The van der Waals surface area contributed by atoms with E-state index in [9.17, 15) is 32.7 Å². The number of unbranched alkanes of at least 4 members (excludes halogenated alkanes) is 2. The highest BCUT2D eigenvalue weighted by Crippen LogP contribution is 2.52. The molecule has 3 aliphatic heterocycles. The van der Waals surface area contributed by atoms with Crippen LogP contribution in [0.25, 0.3) is 16.9 Å². The predicted molar refractivity (Wildman–Crippen MR) is 329 cm³/mol. The van der Waals surface area contributed by atoms with Crippen LogP contribution in [0.2, 0.25) is 5.02 Å². The maximum Gasteiger partial charge on any atom is 0.304 e. The summed E-state index contributed by atoms with van der Waals surface area (Å²) in [5, 5.41) is 24.1. The fraction of sp³-hybridized carbons (Fsp3) is 0.484. The van der Waals surface area contributed by atoms with Crippen molar-refractivity contribution in [1.29, 1.82) is 0 Å². The van der Waals surface area contributed by atoms with Crippen molar-refractivity contribution in [2.75, 3.05) is 76.5 Å². The Bertz CT molecular complexity index is 3490. The summed E-state index contributed by atoms with van der Waals surface area (Å²) in [6.07, 6.45) is 16.3. The normalized spacial score (nSPS) is 20.6. The molecule has 4 fully saturated rings. The number of aliphatic carboxylic acids is 1. The molecule has 4 N–H and O–H groups in total. The van der Waals surface area contributed by atoms with Crippen LogP contribution >= 0.6 is 23.2 Å². The summed E-state index contributed by atoms with van der Waals surface area (Å²) in [5.74, 6) is -2.99. The van der Waals surface area contributed by atoms with E-state index in [0.29, 0.717) is 90.6 Å². The van der Waals surface area contributed by atoms with Crippen molar-refractivity contribution < 1.29 is 41.9 Å². The third-order valence-electron chi connectivity index (χ3n) is 16.8. The minimum Gasteiger partial charge on any atom is -0.481 e. The molecule has 0 radical (unpaired) electrons. The number of carbonyl (C=O) groups excluding carboxylic acids is 4. The van der Waals surface area contributed by atoms with Gasteiger partial charge in [-0.1, -0.05) is 88.2 Å². The molecule has 2 aromatic carbocycles. The molecule has 3 aromatic heterocycles. The molecule has 4 atom stereocenters. The van der Waals surface area contributed by atoms with Crippen LogP contribution in [0.5, 0.6) is 0 Å². The van der Waals surface area contributed by atoms with Gasteiger partial charge < -0.3 is 30.4 Å². The second kappa shape index (κ2) is 27.0. The van der Waals surface area contributed by atoms with Crippen LogP contribution in [0.15, 0.2) is 103 Å². The van der Waals surface area contributed by atoms with E-state index >= 15 is 9.18 Å². The number of carboxylic acids is 1. The highest BCUT2D eigenvalue weighted by atomic mass is 35.5. The Kier molecular flexibility index (Phi) is 19.9. The fourth-order valence-electron chi connectivity index (χ4n) is 11.9. The lowest BCUT2D eigenvalue weighted by atomic mass is 9.66. The number of likely N-dealkylation sites (tertiary alicyclic amines) is 1. The average Bonchev–Trinajstić information content (AvgIpc) is 0.855. The number of piperidine rings is 1. The van der Waals surface area contributed by atoms with Gasteiger partial charge in [-0.2, -0.15) is 9.40 Å². The number of H-pyrrole nitrogens is 1. The lowest BCUT2D eigenvalue weighted by Crippen LogP contribution is -2.62. The second-order valence-corrected chi connectivity index (χ2v) is 27.5. The number of benzene rings is 2. The van der Waals surface area contributed by atoms with E-state index in [0.717, 1.165) is 29.8 Å². The third kappa shape index (κ3) is 15.2. The number of aromatic nitrogens is 5. The molecule has 4 aliphatic rings. The van der Waals surface area contributed by atoms with Crippen molar-refractivity contribution in [1.82, 2.24) is 53.8 Å². The number of halogens is 3. The Balaban J connectivity index is 0.713. The maximum atomic E-state index is 15.7. The first kappa shape index (κ1) is 63.5. The Hall–Kier alpha value is -6.98. The van der Waals surface area contributed by atoms with Crippen molar-refractivity contribution >= 4 is 80.0 Å². The topological polar surface area (TPSA) is 239 Å². The Morgan fingerprint density at radius 3 is 2.33 bits per heavy atom. The van der Waals surface area contributed by atoms with Gasteiger partial charge in [-0.3, -0.25) is 38.4 Å². The van der Waals surface area contributed by atoms with Gasteiger partial charge in [0.2, 0.25) is 27.7 Å². The van der Waals surface area contributed by atoms with Gasteiger partial charge in [0.15, 0.2) is 11.5 Å². The molecule has 460 valence electrons. The molecule has 4 amide bonds. The zero-order chi connectivity index (χ0) is 61.7. The number of carbonyl (C=O) groups is 5. The van der Waals surface area contributed by atoms with Crippen molar-refractivity contribution in [3.8, 4) is 11.3 Å². The van der Waals surface area contributed by atoms with Gasteiger partial charge in [0.1, 0.15) is 5.82 Å². The molecule has 3 saturated heterocycles. The van der Waals surface area contributed by atoms with E-state index in [4.69, 9.17) is 28.2 Å². The zero-order valence-corrected chi connectivity index (χ0v) is 51.7. The lowest BCUT2D eigenvalue weighted by Gasteiger charge is -2.54. The van der Waals surface area contributed by atoms with E-state index in [1.807, 2.05) is 36.3 Å². The molecule has 0 bridgehead atoms. The predicted octanol–water partition coefficient (Wildman–Crippen LogP) is 9.18. The summed E-state index contributed by atoms with van der Waals surface area (Å²) < 4.78 is 48.3. The zero-order valence-electron chi connectivity index (χ0n) is 49.4. The summed E-state index contributed by atoms with van der Waals surface area (Å²) in [4.78, 5) is 83.7. The minimum absolute atomic E-state index is 0.0678. The van der Waals surface area contributed by atoms with Gasteiger partial charge in [-0.25, -0.2) is 22.8 Å². The minimum atomic E-state index is -4.07. The number of hydrogen-bond donors (Lipinski definition) is 4. The standard InChI is InChI=1S/C62H77Cl2FN12O8S/c1-40(11-10-12-41(2)63)47-32-62(6,33-55(80)81)60(83)77(56(47)43-16-19-46(64)20-17-43)52(61(3,4)5)39-86(84,85)75-29-27-73(28-30-75)54(79)13-8-7-9-22-66-53(78)38-72-23-25-74(26-24-72)59(82)44-18-21-49(48(65)31-44)70-57-58-67-36-51(45-34-68-69-35-45)76(58)37-50(71-57)42-14-15-42/h10-12,16-21,31,34-37,42,47,52,56H,1,7-9,13-15,22-30,32-33,38-39H2,2-6H3,(H,66,78)(H,68,69)(H,70,71)(H,80,81)/b11-10-,41-12+/t47-,52-,56-,62-/m1/s1. The summed E-state index contributed by atoms with van der Waals surface area (Å²) in [7, 11) is -4.07. The Labute approximate surface area is 511 Å². The van der Waals surface area contributed by atoms with Gasteiger partial charge in [0.25, 0.3) is 5.91 Å². The van der Waals surface area contributed by atoms with E-state index in [1.54, 1.807) is 95.7 Å². The van der Waals surface area contributed by atoms with E-state index in [2.05, 4.69) is 32.4 Å². The van der Waals surface area contributed by atoms with E-state index in [-0.39, 0.29) is 74.5 Å². The van der Waals surface area contributed by atoms with Gasteiger partial charge >= 0.3 is 5.97 Å². The smallest absolute Gasteiger partial charge is 0.304 e. The summed E-state index contributed by atoms with van der Waals surface area (Å²) >= 11 is 12.5. The number of piperazine rings is 2. The molecule has 24 heteroatoms. The number of fused-ring (bicyclic) bond motifs is 1. The molecular weight excluding hydrogens is 1160 g/mol. The van der Waals surface area contributed by atoms with Crippen molar-refractivity contribution in [3.63, 3.8) is 0 Å². The van der Waals surface area contributed by atoms with Crippen LogP contribution < -0.4 is 10.6 Å². The van der Waals surface area contributed by atoms with Crippen LogP contribution in [0.4, 0.5) is 15.9 Å². The molecule has 6 heterocycles. The summed E-state index contributed by atoms with van der Waals surface area (Å²) in [6.45, 7) is 16.1. The maximum absolute atomic E-state index is 15.7. The molecule has 0 unspecified atom stereocenters. The second-order valence-electron chi connectivity index (χ2n) is 24.4. The third-order valence-corrected chi connectivity index (χ3v) is 19.1. The highest BCUT2D eigenvalue weighted by molar-refractivity contribution is 7.89. The lowest BCUT2D eigenvalue weighted by molar-refractivity contribution is -0.164. The Morgan fingerprint density at radius 1 is 0.977 bits per heavy atom. The molecule has 1 saturated carbocycles. The van der Waals surface area contributed by atoms with Gasteiger partial charge in [0, 0.05) is 111 Å². The molecule has 1 aliphatic carbocycles. The number of nitrogens with one attached hydrogen (secondary N) is 3. The molecule has 0 spiro atoms. The van der Waals surface area contributed by atoms with E-state index < -0.39 is 68.7 Å². The van der Waals surface area contributed by atoms with Crippen LogP contribution in [0.3, 0.4) is 0 Å². The molecule has 5 aromatic rings. The largest absolute Gasteiger partial charge is 0.481 e. The first-order valence-electron chi connectivity index (χ1n) is 29.4. The fourth-order valence-corrected chi connectivity index (χ4v) is 14.1. The number of hydrogen-bond acceptors (Lipinski definition) is 12.